The number of ether oxygens (including phenoxy) is 2. The van der Waals surface area contributed by atoms with Gasteiger partial charge in [0.05, 0.1) is 25.2 Å². The van der Waals surface area contributed by atoms with Crippen LogP contribution in [0, 0.1) is 23.7 Å². The number of hydrogen-bond acceptors (Lipinski definition) is 6. The fourth-order valence-electron chi connectivity index (χ4n) is 4.21. The number of imide groups is 1. The maximum Gasteiger partial charge on any atom is 0.308 e. The Morgan fingerprint density at radius 3 is 2.41 bits per heavy atom. The quantitative estimate of drug-likeness (QED) is 0.260. The predicted octanol–water partition coefficient (Wildman–Crippen LogP) is 2.41. The van der Waals surface area contributed by atoms with Crippen molar-refractivity contribution in [1.82, 2.24) is 5.01 Å². The Morgan fingerprint density at radius 2 is 1.85 bits per heavy atom. The van der Waals surface area contributed by atoms with Crippen LogP contribution in [-0.4, -0.2) is 36.1 Å². The van der Waals surface area contributed by atoms with Crippen LogP contribution in [0.4, 0.5) is 0 Å². The first kappa shape index (κ1) is 17.7. The lowest BCUT2D eigenvalue weighted by Gasteiger charge is -2.13. The molecule has 0 aromatic heterocycles. The SMILES string of the molecule is COc1cc(Cl)cc(C=NN2C(=O)[C@@H]3[C@H](C2=O)[C@H]2C=C[C@H]3C2)c1OC(C)=O. The zero-order valence-electron chi connectivity index (χ0n) is 14.7. The van der Waals surface area contributed by atoms with Crippen LogP contribution >= 0.6 is 11.6 Å². The number of hydrogen-bond donors (Lipinski definition) is 0. The van der Waals surface area contributed by atoms with Gasteiger partial charge in [0.25, 0.3) is 11.8 Å². The smallest absolute Gasteiger partial charge is 0.308 e. The third-order valence-corrected chi connectivity index (χ3v) is 5.49. The van der Waals surface area contributed by atoms with E-state index in [1.54, 1.807) is 0 Å². The summed E-state index contributed by atoms with van der Waals surface area (Å²) in [5, 5.41) is 5.35. The van der Waals surface area contributed by atoms with Crippen molar-refractivity contribution in [3.63, 3.8) is 0 Å². The van der Waals surface area contributed by atoms with Crippen molar-refractivity contribution in [3.05, 3.63) is 34.9 Å². The highest BCUT2D eigenvalue weighted by Crippen LogP contribution is 2.52. The predicted molar refractivity (Wildman–Crippen MR) is 96.5 cm³/mol. The lowest BCUT2D eigenvalue weighted by molar-refractivity contribution is -0.140. The first-order chi connectivity index (χ1) is 12.9. The number of amides is 2. The number of nitrogens with zero attached hydrogens (tertiary/aromatic N) is 2. The molecule has 1 aromatic carbocycles. The molecule has 4 rings (SSSR count). The van der Waals surface area contributed by atoms with Crippen LogP contribution < -0.4 is 9.47 Å². The van der Waals surface area contributed by atoms with Gasteiger partial charge in [0.15, 0.2) is 11.5 Å². The van der Waals surface area contributed by atoms with Crippen molar-refractivity contribution in [2.24, 2.45) is 28.8 Å². The standard InChI is InChI=1S/C19H17ClN2O5/c1-9(23)27-17-12(6-13(20)7-14(17)26-2)8-21-22-18(24)15-10-3-4-11(5-10)16(15)19(22)25/h3-4,6-8,10-11,15-16H,5H2,1-2H3/t10-,11-,15-,16+/m0/s1. The lowest BCUT2D eigenvalue weighted by atomic mass is 9.85. The molecule has 0 spiro atoms. The van der Waals surface area contributed by atoms with Crippen LogP contribution in [0.15, 0.2) is 29.4 Å². The van der Waals surface area contributed by atoms with Crippen LogP contribution in [-0.2, 0) is 14.4 Å². The Kier molecular flexibility index (Phi) is 4.26. The monoisotopic (exact) mass is 388 g/mol. The van der Waals surface area contributed by atoms with E-state index in [1.165, 1.54) is 32.4 Å². The van der Waals surface area contributed by atoms with Gasteiger partial charge in [-0.15, -0.1) is 0 Å². The average Bonchev–Trinajstić information content (AvgIpc) is 3.29. The van der Waals surface area contributed by atoms with Crippen LogP contribution in [0.3, 0.4) is 0 Å². The molecule has 0 unspecified atom stereocenters. The third-order valence-electron chi connectivity index (χ3n) is 5.27. The minimum atomic E-state index is -0.546. The zero-order valence-corrected chi connectivity index (χ0v) is 15.5. The molecule has 0 N–H and O–H groups in total. The van der Waals surface area contributed by atoms with Crippen LogP contribution in [0.5, 0.6) is 11.5 Å². The molecule has 2 aliphatic carbocycles. The first-order valence-corrected chi connectivity index (χ1v) is 8.94. The van der Waals surface area contributed by atoms with Crippen molar-refractivity contribution < 1.29 is 23.9 Å². The van der Waals surface area contributed by atoms with Gasteiger partial charge in [-0.2, -0.15) is 10.1 Å². The highest BCUT2D eigenvalue weighted by atomic mass is 35.5. The number of carbonyl (C=O) groups excluding carboxylic acids is 3. The van der Waals surface area contributed by atoms with E-state index in [0.29, 0.717) is 10.6 Å². The number of rotatable bonds is 4. The maximum atomic E-state index is 12.7. The molecule has 3 aliphatic rings. The van der Waals surface area contributed by atoms with Crippen LogP contribution in [0.2, 0.25) is 5.02 Å². The molecular weight excluding hydrogens is 372 g/mol. The van der Waals surface area contributed by atoms with Gasteiger partial charge in [-0.25, -0.2) is 0 Å². The topological polar surface area (TPSA) is 85.3 Å². The lowest BCUT2D eigenvalue weighted by Crippen LogP contribution is -2.28. The van der Waals surface area contributed by atoms with Gasteiger partial charge in [0.2, 0.25) is 0 Å². The molecule has 27 heavy (non-hydrogen) atoms. The summed E-state index contributed by atoms with van der Waals surface area (Å²) < 4.78 is 10.4. The van der Waals surface area contributed by atoms with E-state index in [-0.39, 0.29) is 47.0 Å². The number of esters is 1. The maximum absolute atomic E-state index is 12.7. The number of carbonyl (C=O) groups is 3. The molecule has 1 saturated carbocycles. The first-order valence-electron chi connectivity index (χ1n) is 8.56. The fraction of sp³-hybridized carbons (Fsp3) is 0.368. The number of benzene rings is 1. The molecule has 2 amide bonds. The minimum absolute atomic E-state index is 0.111. The summed E-state index contributed by atoms with van der Waals surface area (Å²) in [6, 6.07) is 3.01. The molecule has 1 aromatic rings. The Hall–Kier alpha value is -2.67. The number of hydrazone groups is 1. The molecule has 2 fully saturated rings. The van der Waals surface area contributed by atoms with E-state index in [0.717, 1.165) is 11.4 Å². The Bertz CT molecular complexity index is 880. The molecule has 1 heterocycles. The van der Waals surface area contributed by atoms with E-state index in [1.807, 2.05) is 12.2 Å². The molecule has 4 atom stereocenters. The zero-order chi connectivity index (χ0) is 19.3. The fourth-order valence-corrected chi connectivity index (χ4v) is 4.43. The molecule has 1 saturated heterocycles. The largest absolute Gasteiger partial charge is 0.493 e. The highest BCUT2D eigenvalue weighted by molar-refractivity contribution is 6.31. The number of fused-ring (bicyclic) bond motifs is 5. The number of halogens is 1. The van der Waals surface area contributed by atoms with Crippen LogP contribution in [0.1, 0.15) is 18.9 Å². The van der Waals surface area contributed by atoms with Gasteiger partial charge in [-0.1, -0.05) is 23.8 Å². The van der Waals surface area contributed by atoms with Gasteiger partial charge in [0, 0.05) is 23.6 Å². The van der Waals surface area contributed by atoms with Crippen molar-refractivity contribution in [2.75, 3.05) is 7.11 Å². The Labute approximate surface area is 160 Å². The summed E-state index contributed by atoms with van der Waals surface area (Å²) in [6.07, 6.45) is 6.18. The van der Waals surface area contributed by atoms with E-state index in [2.05, 4.69) is 5.10 Å². The van der Waals surface area contributed by atoms with E-state index < -0.39 is 5.97 Å². The van der Waals surface area contributed by atoms with Gasteiger partial charge in [-0.3, -0.25) is 14.4 Å². The highest BCUT2D eigenvalue weighted by Gasteiger charge is 2.59. The molecule has 0 radical (unpaired) electrons. The minimum Gasteiger partial charge on any atom is -0.493 e. The van der Waals surface area contributed by atoms with Crippen molar-refractivity contribution in [1.29, 1.82) is 0 Å². The van der Waals surface area contributed by atoms with Crippen molar-refractivity contribution in [2.45, 2.75) is 13.3 Å². The molecular formula is C19H17ClN2O5. The van der Waals surface area contributed by atoms with Gasteiger partial charge in [-0.05, 0) is 24.3 Å². The van der Waals surface area contributed by atoms with E-state index in [9.17, 15) is 14.4 Å². The Balaban J connectivity index is 1.66. The number of methoxy groups -OCH3 is 1. The van der Waals surface area contributed by atoms with Gasteiger partial charge in [0.1, 0.15) is 0 Å². The summed E-state index contributed by atoms with van der Waals surface area (Å²) in [6.45, 7) is 1.26. The second kappa shape index (κ2) is 6.49. The van der Waals surface area contributed by atoms with E-state index >= 15 is 0 Å². The Morgan fingerprint density at radius 1 is 1.22 bits per heavy atom. The molecule has 1 aliphatic heterocycles. The second-order valence-electron chi connectivity index (χ2n) is 6.85. The molecule has 2 bridgehead atoms. The van der Waals surface area contributed by atoms with Crippen molar-refractivity contribution >= 4 is 35.6 Å². The molecule has 7 nitrogen and oxygen atoms in total. The van der Waals surface area contributed by atoms with E-state index in [4.69, 9.17) is 21.1 Å². The molecule has 8 heteroatoms. The summed E-state index contributed by atoms with van der Waals surface area (Å²) >= 11 is 6.08. The second-order valence-corrected chi connectivity index (χ2v) is 7.29. The number of allylic oxidation sites excluding steroid dienone is 2. The van der Waals surface area contributed by atoms with Crippen LogP contribution in [0.25, 0.3) is 0 Å². The average molecular weight is 389 g/mol. The molecule has 140 valence electrons. The summed E-state index contributed by atoms with van der Waals surface area (Å²) in [5.74, 6) is -1.19. The normalized spacial score (nSPS) is 28.3. The summed E-state index contributed by atoms with van der Waals surface area (Å²) in [7, 11) is 1.41. The van der Waals surface area contributed by atoms with Gasteiger partial charge < -0.3 is 9.47 Å². The van der Waals surface area contributed by atoms with Crippen molar-refractivity contribution in [3.8, 4) is 11.5 Å². The third kappa shape index (κ3) is 2.82. The van der Waals surface area contributed by atoms with Gasteiger partial charge >= 0.3 is 5.97 Å². The summed E-state index contributed by atoms with van der Waals surface area (Å²) in [5.41, 5.74) is 0.327. The summed E-state index contributed by atoms with van der Waals surface area (Å²) in [4.78, 5) is 36.8.